The normalized spacial score (nSPS) is 16.2. The lowest BCUT2D eigenvalue weighted by molar-refractivity contribution is -0.135. The highest BCUT2D eigenvalue weighted by atomic mass is 16.5. The molecule has 0 aliphatic carbocycles. The van der Waals surface area contributed by atoms with Crippen LogP contribution in [0.2, 0.25) is 0 Å². The second-order valence-corrected chi connectivity index (χ2v) is 6.41. The number of piperazine rings is 1. The van der Waals surface area contributed by atoms with E-state index in [1.54, 1.807) is 4.90 Å². The molecule has 1 atom stereocenters. The van der Waals surface area contributed by atoms with Gasteiger partial charge in [-0.15, -0.1) is 0 Å². The van der Waals surface area contributed by atoms with Crippen molar-refractivity contribution >= 4 is 5.91 Å². The van der Waals surface area contributed by atoms with Crippen molar-refractivity contribution in [2.75, 3.05) is 40.3 Å². The first-order valence-corrected chi connectivity index (χ1v) is 8.64. The number of para-hydroxylation sites is 1. The fourth-order valence-electron chi connectivity index (χ4n) is 3.07. The number of hydrogen-bond donors (Lipinski definition) is 1. The number of carbonyl (C=O) groups excluding carboxylic acids is 1. The van der Waals surface area contributed by atoms with Gasteiger partial charge < -0.3 is 15.0 Å². The molecule has 5 heteroatoms. The lowest BCUT2D eigenvalue weighted by Gasteiger charge is -2.35. The summed E-state index contributed by atoms with van der Waals surface area (Å²) >= 11 is 0. The molecule has 0 bridgehead atoms. The molecule has 132 valence electrons. The Morgan fingerprint density at radius 2 is 1.72 bits per heavy atom. The van der Waals surface area contributed by atoms with Crippen molar-refractivity contribution in [2.24, 2.45) is 0 Å². The predicted octanol–water partition coefficient (Wildman–Crippen LogP) is 2.51. The van der Waals surface area contributed by atoms with Crippen LogP contribution in [0.3, 0.4) is 0 Å². The number of carbonyl (C=O) groups is 1. The molecule has 1 unspecified atom stereocenters. The molecule has 1 amide bonds. The largest absolute Gasteiger partial charge is 0.457 e. The van der Waals surface area contributed by atoms with Gasteiger partial charge in [0.15, 0.2) is 0 Å². The second-order valence-electron chi connectivity index (χ2n) is 6.41. The zero-order chi connectivity index (χ0) is 17.6. The molecule has 0 saturated carbocycles. The number of nitrogens with one attached hydrogen (secondary N) is 1. The smallest absolute Gasteiger partial charge is 0.244 e. The molecule has 1 heterocycles. The summed E-state index contributed by atoms with van der Waals surface area (Å²) < 4.78 is 5.94. The van der Waals surface area contributed by atoms with Gasteiger partial charge in [0, 0.05) is 40.3 Å². The van der Waals surface area contributed by atoms with Crippen LogP contribution >= 0.6 is 0 Å². The standard InChI is InChI=1S/C20H25N3O2/c1-22(2)20(24)19(23-13-11-21-12-14-23)16-7-6-10-18(15-16)25-17-8-4-3-5-9-17/h3-10,15,19,21H,11-14H2,1-2H3. The maximum Gasteiger partial charge on any atom is 0.244 e. The maximum atomic E-state index is 12.8. The number of benzene rings is 2. The van der Waals surface area contributed by atoms with Crippen LogP contribution in [0.5, 0.6) is 11.5 Å². The highest BCUT2D eigenvalue weighted by Gasteiger charge is 2.30. The van der Waals surface area contributed by atoms with E-state index in [1.807, 2.05) is 68.7 Å². The van der Waals surface area contributed by atoms with Gasteiger partial charge in [-0.2, -0.15) is 0 Å². The van der Waals surface area contributed by atoms with E-state index < -0.39 is 0 Å². The van der Waals surface area contributed by atoms with Gasteiger partial charge in [0.1, 0.15) is 17.5 Å². The molecule has 0 aromatic heterocycles. The van der Waals surface area contributed by atoms with E-state index in [9.17, 15) is 4.79 Å². The average Bonchev–Trinajstić information content (AvgIpc) is 2.64. The summed E-state index contributed by atoms with van der Waals surface area (Å²) in [6, 6.07) is 17.3. The molecule has 0 spiro atoms. The summed E-state index contributed by atoms with van der Waals surface area (Å²) in [5, 5.41) is 3.34. The Morgan fingerprint density at radius 1 is 1.04 bits per heavy atom. The second kappa shape index (κ2) is 8.14. The summed E-state index contributed by atoms with van der Waals surface area (Å²) in [4.78, 5) is 16.7. The summed E-state index contributed by atoms with van der Waals surface area (Å²) in [6.45, 7) is 3.51. The Morgan fingerprint density at radius 3 is 2.40 bits per heavy atom. The monoisotopic (exact) mass is 339 g/mol. The lowest BCUT2D eigenvalue weighted by Crippen LogP contribution is -2.49. The van der Waals surface area contributed by atoms with Gasteiger partial charge in [0.05, 0.1) is 0 Å². The van der Waals surface area contributed by atoms with Crippen LogP contribution < -0.4 is 10.1 Å². The van der Waals surface area contributed by atoms with E-state index in [1.165, 1.54) is 0 Å². The van der Waals surface area contributed by atoms with Crippen molar-refractivity contribution < 1.29 is 9.53 Å². The van der Waals surface area contributed by atoms with Gasteiger partial charge in [-0.25, -0.2) is 0 Å². The van der Waals surface area contributed by atoms with Gasteiger partial charge >= 0.3 is 0 Å². The first-order valence-electron chi connectivity index (χ1n) is 8.64. The Kier molecular flexibility index (Phi) is 5.68. The Bertz CT molecular complexity index is 697. The van der Waals surface area contributed by atoms with E-state index in [-0.39, 0.29) is 11.9 Å². The SMILES string of the molecule is CN(C)C(=O)C(c1cccc(Oc2ccccc2)c1)N1CCNCC1. The molecule has 25 heavy (non-hydrogen) atoms. The number of nitrogens with zero attached hydrogens (tertiary/aromatic N) is 2. The average molecular weight is 339 g/mol. The van der Waals surface area contributed by atoms with Gasteiger partial charge in [-0.1, -0.05) is 30.3 Å². The third kappa shape index (κ3) is 4.38. The molecule has 2 aromatic rings. The first-order chi connectivity index (χ1) is 12.1. The molecule has 1 saturated heterocycles. The van der Waals surface area contributed by atoms with Crippen molar-refractivity contribution in [3.05, 3.63) is 60.2 Å². The third-order valence-corrected chi connectivity index (χ3v) is 4.34. The Balaban J connectivity index is 1.87. The summed E-state index contributed by atoms with van der Waals surface area (Å²) in [5.74, 6) is 1.63. The van der Waals surface area contributed by atoms with Crippen molar-refractivity contribution in [1.29, 1.82) is 0 Å². The highest BCUT2D eigenvalue weighted by molar-refractivity contribution is 5.83. The lowest BCUT2D eigenvalue weighted by atomic mass is 10.0. The van der Waals surface area contributed by atoms with Crippen molar-refractivity contribution in [2.45, 2.75) is 6.04 Å². The number of likely N-dealkylation sites (N-methyl/N-ethyl adjacent to an activating group) is 1. The van der Waals surface area contributed by atoms with Crippen LogP contribution in [-0.2, 0) is 4.79 Å². The van der Waals surface area contributed by atoms with E-state index >= 15 is 0 Å². The molecule has 5 nitrogen and oxygen atoms in total. The third-order valence-electron chi connectivity index (χ3n) is 4.34. The number of rotatable bonds is 5. The van der Waals surface area contributed by atoms with E-state index in [2.05, 4.69) is 10.2 Å². The minimum Gasteiger partial charge on any atom is -0.457 e. The number of hydrogen-bond acceptors (Lipinski definition) is 4. The topological polar surface area (TPSA) is 44.8 Å². The molecular formula is C20H25N3O2. The van der Waals surface area contributed by atoms with Gasteiger partial charge in [-0.05, 0) is 29.8 Å². The van der Waals surface area contributed by atoms with Gasteiger partial charge in [0.25, 0.3) is 0 Å². The van der Waals surface area contributed by atoms with Gasteiger partial charge in [0.2, 0.25) is 5.91 Å². The van der Waals surface area contributed by atoms with E-state index in [0.29, 0.717) is 0 Å². The molecule has 1 aliphatic heterocycles. The van der Waals surface area contributed by atoms with Crippen molar-refractivity contribution in [3.63, 3.8) is 0 Å². The number of amides is 1. The van der Waals surface area contributed by atoms with Crippen LogP contribution in [0.15, 0.2) is 54.6 Å². The zero-order valence-electron chi connectivity index (χ0n) is 14.8. The van der Waals surface area contributed by atoms with Crippen LogP contribution in [-0.4, -0.2) is 56.0 Å². The molecule has 0 radical (unpaired) electrons. The summed E-state index contributed by atoms with van der Waals surface area (Å²) in [7, 11) is 3.61. The molecule has 1 N–H and O–H groups in total. The van der Waals surface area contributed by atoms with Crippen molar-refractivity contribution in [3.8, 4) is 11.5 Å². The molecule has 2 aromatic carbocycles. The quantitative estimate of drug-likeness (QED) is 0.909. The van der Waals surface area contributed by atoms with Crippen molar-refractivity contribution in [1.82, 2.24) is 15.1 Å². The minimum atomic E-state index is -0.281. The molecule has 1 aliphatic rings. The predicted molar refractivity (Wildman–Crippen MR) is 98.8 cm³/mol. The maximum absolute atomic E-state index is 12.8. The summed E-state index contributed by atoms with van der Waals surface area (Å²) in [6.07, 6.45) is 0. The fraction of sp³-hybridized carbons (Fsp3) is 0.350. The zero-order valence-corrected chi connectivity index (χ0v) is 14.8. The Hall–Kier alpha value is -2.37. The fourth-order valence-corrected chi connectivity index (χ4v) is 3.07. The molecule has 3 rings (SSSR count). The van der Waals surface area contributed by atoms with Gasteiger partial charge in [-0.3, -0.25) is 9.69 Å². The van der Waals surface area contributed by atoms with Crippen LogP contribution in [0.4, 0.5) is 0 Å². The minimum absolute atomic E-state index is 0.0961. The molecule has 1 fully saturated rings. The van der Waals surface area contributed by atoms with Crippen LogP contribution in [0, 0.1) is 0 Å². The van der Waals surface area contributed by atoms with E-state index in [4.69, 9.17) is 4.74 Å². The van der Waals surface area contributed by atoms with Crippen LogP contribution in [0.25, 0.3) is 0 Å². The highest BCUT2D eigenvalue weighted by Crippen LogP contribution is 2.28. The number of ether oxygens (including phenoxy) is 1. The first kappa shape index (κ1) is 17.5. The van der Waals surface area contributed by atoms with E-state index in [0.717, 1.165) is 43.2 Å². The summed E-state index contributed by atoms with van der Waals surface area (Å²) in [5.41, 5.74) is 0.967. The van der Waals surface area contributed by atoms with Crippen LogP contribution in [0.1, 0.15) is 11.6 Å². The molecular weight excluding hydrogens is 314 g/mol. The Labute approximate surface area is 149 Å².